The average Bonchev–Trinajstić information content (AvgIpc) is 2.84. The van der Waals surface area contributed by atoms with E-state index in [1.54, 1.807) is 0 Å². The van der Waals surface area contributed by atoms with Gasteiger partial charge in [0.15, 0.2) is 0 Å². The summed E-state index contributed by atoms with van der Waals surface area (Å²) in [5.41, 5.74) is 7.86. The van der Waals surface area contributed by atoms with Crippen molar-refractivity contribution in [3.63, 3.8) is 0 Å². The first-order valence-electron chi connectivity index (χ1n) is 6.93. The van der Waals surface area contributed by atoms with Gasteiger partial charge in [0, 0.05) is 19.2 Å². The molecule has 0 spiro atoms. The van der Waals surface area contributed by atoms with E-state index in [1.807, 2.05) is 24.5 Å². The molecule has 3 heterocycles. The van der Waals surface area contributed by atoms with Gasteiger partial charge in [-0.3, -0.25) is 0 Å². The first-order chi connectivity index (χ1) is 9.59. The first kappa shape index (κ1) is 13.6. The number of hydrogen-bond acceptors (Lipinski definition) is 4. The van der Waals surface area contributed by atoms with Crippen molar-refractivity contribution in [2.45, 2.75) is 25.8 Å². The van der Waals surface area contributed by atoms with Crippen molar-refractivity contribution in [3.8, 4) is 0 Å². The minimum absolute atomic E-state index is 0.315. The van der Waals surface area contributed by atoms with Crippen molar-refractivity contribution in [2.24, 2.45) is 11.7 Å². The minimum atomic E-state index is -2.79. The van der Waals surface area contributed by atoms with Gasteiger partial charge in [0.05, 0.1) is 23.2 Å². The molecule has 0 amide bonds. The van der Waals surface area contributed by atoms with Crippen LogP contribution in [0.5, 0.6) is 0 Å². The summed E-state index contributed by atoms with van der Waals surface area (Å²) in [6.45, 7) is 0.497. The summed E-state index contributed by atoms with van der Waals surface area (Å²) in [7, 11) is -2.79. The molecule has 0 bridgehead atoms. The maximum Gasteiger partial charge on any atom is 0.150 e. The van der Waals surface area contributed by atoms with Crippen LogP contribution in [0.1, 0.15) is 24.2 Å². The Labute approximate surface area is 118 Å². The Morgan fingerprint density at radius 1 is 1.35 bits per heavy atom. The number of pyridine rings is 1. The summed E-state index contributed by atoms with van der Waals surface area (Å²) in [6, 6.07) is 3.99. The SMILES string of the molecule is NCc1cccn2c(CC3CCS(=O)(=O)CC3)ncc12. The molecule has 1 saturated heterocycles. The molecule has 2 aromatic rings. The highest BCUT2D eigenvalue weighted by Crippen LogP contribution is 2.23. The topological polar surface area (TPSA) is 77.5 Å². The summed E-state index contributed by atoms with van der Waals surface area (Å²) in [5.74, 6) is 2.04. The minimum Gasteiger partial charge on any atom is -0.326 e. The molecule has 0 saturated carbocycles. The van der Waals surface area contributed by atoms with Crippen LogP contribution in [0.25, 0.3) is 5.52 Å². The van der Waals surface area contributed by atoms with Crippen LogP contribution in [0.3, 0.4) is 0 Å². The largest absolute Gasteiger partial charge is 0.326 e. The van der Waals surface area contributed by atoms with Crippen molar-refractivity contribution in [1.82, 2.24) is 9.38 Å². The Morgan fingerprint density at radius 2 is 2.10 bits per heavy atom. The Bertz CT molecular complexity index is 707. The number of nitrogens with zero attached hydrogens (tertiary/aromatic N) is 2. The van der Waals surface area contributed by atoms with Crippen LogP contribution in [-0.2, 0) is 22.8 Å². The van der Waals surface area contributed by atoms with E-state index in [0.29, 0.717) is 24.0 Å². The number of fused-ring (bicyclic) bond motifs is 1. The zero-order chi connectivity index (χ0) is 14.2. The normalized spacial score (nSPS) is 19.4. The summed E-state index contributed by atoms with van der Waals surface area (Å²) in [4.78, 5) is 4.49. The molecule has 0 atom stereocenters. The lowest BCUT2D eigenvalue weighted by atomic mass is 9.98. The standard InChI is InChI=1S/C14H19N3O2S/c15-9-12-2-1-5-17-13(12)10-16-14(17)8-11-3-6-20(18,19)7-4-11/h1-2,5,10-11H,3-4,6-9,15H2. The first-order valence-corrected chi connectivity index (χ1v) is 8.75. The fourth-order valence-corrected chi connectivity index (χ4v) is 4.45. The molecule has 6 heteroatoms. The number of hydrogen-bond donors (Lipinski definition) is 1. The van der Waals surface area contributed by atoms with Crippen LogP contribution in [0, 0.1) is 5.92 Å². The lowest BCUT2D eigenvalue weighted by Crippen LogP contribution is -2.25. The van der Waals surface area contributed by atoms with Crippen LogP contribution >= 0.6 is 0 Å². The lowest BCUT2D eigenvalue weighted by Gasteiger charge is -2.21. The van der Waals surface area contributed by atoms with E-state index in [9.17, 15) is 8.42 Å². The predicted octanol–water partition coefficient (Wildman–Crippen LogP) is 1.16. The van der Waals surface area contributed by atoms with Gasteiger partial charge in [0.1, 0.15) is 15.7 Å². The zero-order valence-electron chi connectivity index (χ0n) is 11.3. The van der Waals surface area contributed by atoms with E-state index >= 15 is 0 Å². The Hall–Kier alpha value is -1.40. The molecule has 20 heavy (non-hydrogen) atoms. The summed E-state index contributed by atoms with van der Waals surface area (Å²) < 4.78 is 25.0. The van der Waals surface area contributed by atoms with Crippen LogP contribution in [0.4, 0.5) is 0 Å². The van der Waals surface area contributed by atoms with Crippen molar-refractivity contribution in [3.05, 3.63) is 35.9 Å². The molecule has 1 aliphatic heterocycles. The molecule has 1 aliphatic rings. The Balaban J connectivity index is 1.82. The van der Waals surface area contributed by atoms with E-state index < -0.39 is 9.84 Å². The summed E-state index contributed by atoms with van der Waals surface area (Å²) in [6.07, 6.45) is 6.17. The quantitative estimate of drug-likeness (QED) is 0.921. The van der Waals surface area contributed by atoms with Gasteiger partial charge in [-0.2, -0.15) is 0 Å². The van der Waals surface area contributed by atoms with Gasteiger partial charge in [0.25, 0.3) is 0 Å². The number of sulfone groups is 1. The number of imidazole rings is 1. The second kappa shape index (κ2) is 5.18. The fraction of sp³-hybridized carbons (Fsp3) is 0.500. The molecular formula is C14H19N3O2S. The molecule has 0 aliphatic carbocycles. The van der Waals surface area contributed by atoms with E-state index in [0.717, 1.165) is 36.2 Å². The van der Waals surface area contributed by atoms with E-state index in [1.165, 1.54) is 0 Å². The molecule has 0 aromatic carbocycles. The Morgan fingerprint density at radius 3 is 2.80 bits per heavy atom. The lowest BCUT2D eigenvalue weighted by molar-refractivity contribution is 0.453. The fourth-order valence-electron chi connectivity index (χ4n) is 2.86. The molecule has 5 nitrogen and oxygen atoms in total. The highest BCUT2D eigenvalue weighted by Gasteiger charge is 2.24. The van der Waals surface area contributed by atoms with Gasteiger partial charge in [-0.1, -0.05) is 6.07 Å². The van der Waals surface area contributed by atoms with Gasteiger partial charge in [-0.05, 0) is 30.4 Å². The third-order valence-corrected chi connectivity index (χ3v) is 5.82. The monoisotopic (exact) mass is 293 g/mol. The maximum atomic E-state index is 11.5. The molecule has 108 valence electrons. The van der Waals surface area contributed by atoms with Gasteiger partial charge in [-0.15, -0.1) is 0 Å². The van der Waals surface area contributed by atoms with Crippen LogP contribution in [0.2, 0.25) is 0 Å². The summed E-state index contributed by atoms with van der Waals surface area (Å²) >= 11 is 0. The molecule has 2 aromatic heterocycles. The molecule has 2 N–H and O–H groups in total. The molecule has 1 fully saturated rings. The maximum absolute atomic E-state index is 11.5. The van der Waals surface area contributed by atoms with Crippen molar-refractivity contribution < 1.29 is 8.42 Å². The second-order valence-electron chi connectivity index (χ2n) is 5.47. The summed E-state index contributed by atoms with van der Waals surface area (Å²) in [5, 5.41) is 0. The van der Waals surface area contributed by atoms with Crippen LogP contribution in [0.15, 0.2) is 24.5 Å². The van der Waals surface area contributed by atoms with Crippen LogP contribution < -0.4 is 5.73 Å². The molecule has 0 unspecified atom stereocenters. The number of aromatic nitrogens is 2. The van der Waals surface area contributed by atoms with Gasteiger partial charge in [0.2, 0.25) is 0 Å². The van der Waals surface area contributed by atoms with E-state index in [4.69, 9.17) is 5.73 Å². The van der Waals surface area contributed by atoms with Gasteiger partial charge < -0.3 is 10.1 Å². The van der Waals surface area contributed by atoms with Gasteiger partial charge >= 0.3 is 0 Å². The molecule has 0 radical (unpaired) electrons. The third kappa shape index (κ3) is 2.58. The third-order valence-electron chi connectivity index (χ3n) is 4.10. The average molecular weight is 293 g/mol. The molecule has 3 rings (SSSR count). The highest BCUT2D eigenvalue weighted by molar-refractivity contribution is 7.91. The van der Waals surface area contributed by atoms with E-state index in [-0.39, 0.29) is 0 Å². The highest BCUT2D eigenvalue weighted by atomic mass is 32.2. The molecular weight excluding hydrogens is 274 g/mol. The predicted molar refractivity (Wildman–Crippen MR) is 78.2 cm³/mol. The van der Waals surface area contributed by atoms with Crippen molar-refractivity contribution in [2.75, 3.05) is 11.5 Å². The zero-order valence-corrected chi connectivity index (χ0v) is 12.1. The van der Waals surface area contributed by atoms with Crippen molar-refractivity contribution in [1.29, 1.82) is 0 Å². The van der Waals surface area contributed by atoms with Crippen LogP contribution in [-0.4, -0.2) is 29.3 Å². The number of rotatable bonds is 3. The smallest absolute Gasteiger partial charge is 0.150 e. The van der Waals surface area contributed by atoms with Gasteiger partial charge in [-0.25, -0.2) is 13.4 Å². The van der Waals surface area contributed by atoms with Crippen molar-refractivity contribution >= 4 is 15.4 Å². The number of nitrogens with two attached hydrogens (primary N) is 1. The second-order valence-corrected chi connectivity index (χ2v) is 7.77. The van der Waals surface area contributed by atoms with E-state index in [2.05, 4.69) is 9.38 Å². The Kier molecular flexibility index (Phi) is 3.52.